The molecule has 29 heavy (non-hydrogen) atoms. The molecule has 2 aromatic rings. The molecule has 0 atom stereocenters. The summed E-state index contributed by atoms with van der Waals surface area (Å²) in [5.74, 6) is -0.563. The highest BCUT2D eigenvalue weighted by Crippen LogP contribution is 2.35. The van der Waals surface area contributed by atoms with Gasteiger partial charge in [0.1, 0.15) is 11.6 Å². The van der Waals surface area contributed by atoms with E-state index in [-0.39, 0.29) is 22.8 Å². The molecule has 0 radical (unpaired) electrons. The summed E-state index contributed by atoms with van der Waals surface area (Å²) in [6.07, 6.45) is -3.12. The van der Waals surface area contributed by atoms with Crippen LogP contribution in [-0.2, 0) is 15.7 Å². The molecule has 154 valence electrons. The molecular formula is C20H19ClF3N3O2. The average Bonchev–Trinajstić information content (AvgIpc) is 2.92. The SMILES string of the molecule is COCCNC(=O)/C(C#N)=C/c1cc(C)n(-c2cc(C(F)(F)F)ccc2Cl)c1C. The number of carbonyl (C=O) groups excluding carboxylic acids is 1. The average molecular weight is 426 g/mol. The molecule has 0 saturated carbocycles. The normalized spacial score (nSPS) is 12.0. The molecule has 0 saturated heterocycles. The number of amides is 1. The number of alkyl halides is 3. The van der Waals surface area contributed by atoms with Crippen molar-refractivity contribution in [1.29, 1.82) is 5.26 Å². The van der Waals surface area contributed by atoms with Gasteiger partial charge in [0, 0.05) is 25.0 Å². The van der Waals surface area contributed by atoms with Crippen molar-refractivity contribution in [3.63, 3.8) is 0 Å². The van der Waals surface area contributed by atoms with Gasteiger partial charge in [-0.05, 0) is 49.8 Å². The van der Waals surface area contributed by atoms with E-state index in [0.717, 1.165) is 12.1 Å². The quantitative estimate of drug-likeness (QED) is 0.423. The third-order valence-corrected chi connectivity index (χ3v) is 4.56. The van der Waals surface area contributed by atoms with Crippen LogP contribution in [0.4, 0.5) is 13.2 Å². The number of halogens is 4. The van der Waals surface area contributed by atoms with Crippen molar-refractivity contribution >= 4 is 23.6 Å². The van der Waals surface area contributed by atoms with Gasteiger partial charge in [-0.1, -0.05) is 11.6 Å². The Morgan fingerprint density at radius 2 is 2.03 bits per heavy atom. The summed E-state index contributed by atoms with van der Waals surface area (Å²) < 4.78 is 45.7. The Balaban J connectivity index is 2.48. The van der Waals surface area contributed by atoms with Crippen molar-refractivity contribution in [1.82, 2.24) is 9.88 Å². The number of nitriles is 1. The standard InChI is InChI=1S/C20H19ClF3N3O2/c1-12-8-14(9-15(11-25)19(28)26-6-7-29-3)13(2)27(12)18-10-16(20(22,23)24)4-5-17(18)21/h4-5,8-10H,6-7H2,1-3H3,(H,26,28)/b15-9+. The molecule has 1 aromatic carbocycles. The Hall–Kier alpha value is -2.76. The molecule has 2 rings (SSSR count). The summed E-state index contributed by atoms with van der Waals surface area (Å²) in [7, 11) is 1.49. The highest BCUT2D eigenvalue weighted by Gasteiger charge is 2.31. The van der Waals surface area contributed by atoms with Gasteiger partial charge in [0.25, 0.3) is 5.91 Å². The van der Waals surface area contributed by atoms with Gasteiger partial charge >= 0.3 is 6.18 Å². The topological polar surface area (TPSA) is 67.0 Å². The van der Waals surface area contributed by atoms with Gasteiger partial charge in [0.2, 0.25) is 0 Å². The second-order valence-electron chi connectivity index (χ2n) is 6.24. The molecule has 1 aromatic heterocycles. The monoisotopic (exact) mass is 425 g/mol. The van der Waals surface area contributed by atoms with E-state index >= 15 is 0 Å². The van der Waals surface area contributed by atoms with Crippen molar-refractivity contribution in [2.75, 3.05) is 20.3 Å². The summed E-state index contributed by atoms with van der Waals surface area (Å²) in [5, 5.41) is 12.0. The van der Waals surface area contributed by atoms with Crippen LogP contribution in [0.3, 0.4) is 0 Å². The van der Waals surface area contributed by atoms with Crippen LogP contribution in [0, 0.1) is 25.2 Å². The number of methoxy groups -OCH3 is 1. The first kappa shape index (κ1) is 22.5. The summed E-state index contributed by atoms with van der Waals surface area (Å²) in [6.45, 7) is 3.92. The van der Waals surface area contributed by atoms with Gasteiger partial charge in [0.15, 0.2) is 0 Å². The highest BCUT2D eigenvalue weighted by atomic mass is 35.5. The second-order valence-corrected chi connectivity index (χ2v) is 6.65. The molecule has 0 fully saturated rings. The van der Waals surface area contributed by atoms with E-state index in [4.69, 9.17) is 16.3 Å². The van der Waals surface area contributed by atoms with Gasteiger partial charge in [-0.15, -0.1) is 0 Å². The number of aryl methyl sites for hydroxylation is 1. The first-order valence-corrected chi connectivity index (χ1v) is 8.93. The second kappa shape index (κ2) is 9.16. The van der Waals surface area contributed by atoms with Crippen LogP contribution >= 0.6 is 11.6 Å². The molecule has 0 bridgehead atoms. The number of hydrogen-bond acceptors (Lipinski definition) is 3. The third kappa shape index (κ3) is 5.19. The van der Waals surface area contributed by atoms with Crippen LogP contribution in [0.5, 0.6) is 0 Å². The zero-order chi connectivity index (χ0) is 21.8. The maximum absolute atomic E-state index is 13.1. The van der Waals surface area contributed by atoms with E-state index in [1.54, 1.807) is 24.5 Å². The maximum atomic E-state index is 13.1. The van der Waals surface area contributed by atoms with Crippen LogP contribution in [-0.4, -0.2) is 30.7 Å². The largest absolute Gasteiger partial charge is 0.416 e. The Kier molecular flexibility index (Phi) is 7.11. The molecular weight excluding hydrogens is 407 g/mol. The molecule has 0 aliphatic heterocycles. The molecule has 5 nitrogen and oxygen atoms in total. The molecule has 9 heteroatoms. The van der Waals surface area contributed by atoms with Gasteiger partial charge in [-0.25, -0.2) is 0 Å². The molecule has 1 N–H and O–H groups in total. The predicted octanol–water partition coefficient (Wildman–Crippen LogP) is 4.44. The summed E-state index contributed by atoms with van der Waals surface area (Å²) in [6, 6.07) is 6.59. The first-order valence-electron chi connectivity index (χ1n) is 8.55. The van der Waals surface area contributed by atoms with Gasteiger partial charge in [0.05, 0.1) is 22.9 Å². The number of ether oxygens (including phenoxy) is 1. The van der Waals surface area contributed by atoms with Crippen LogP contribution in [0.15, 0.2) is 29.8 Å². The third-order valence-electron chi connectivity index (χ3n) is 4.24. The van der Waals surface area contributed by atoms with E-state index in [1.165, 1.54) is 19.3 Å². The Labute approximate surface area is 171 Å². The number of benzene rings is 1. The lowest BCUT2D eigenvalue weighted by Crippen LogP contribution is -2.27. The zero-order valence-electron chi connectivity index (χ0n) is 16.0. The molecule has 0 aliphatic rings. The van der Waals surface area contributed by atoms with Gasteiger partial charge in [-0.3, -0.25) is 4.79 Å². The minimum Gasteiger partial charge on any atom is -0.383 e. The van der Waals surface area contributed by atoms with E-state index < -0.39 is 17.6 Å². The fourth-order valence-corrected chi connectivity index (χ4v) is 3.03. The van der Waals surface area contributed by atoms with E-state index in [0.29, 0.717) is 23.6 Å². The number of rotatable bonds is 6. The van der Waals surface area contributed by atoms with Crippen molar-refractivity contribution in [2.45, 2.75) is 20.0 Å². The van der Waals surface area contributed by atoms with Crippen molar-refractivity contribution in [3.05, 3.63) is 57.4 Å². The Bertz CT molecular complexity index is 988. The predicted molar refractivity (Wildman–Crippen MR) is 104 cm³/mol. The number of hydrogen-bond donors (Lipinski definition) is 1. The molecule has 0 spiro atoms. The van der Waals surface area contributed by atoms with Crippen molar-refractivity contribution < 1.29 is 22.7 Å². The Morgan fingerprint density at radius 1 is 1.34 bits per heavy atom. The van der Waals surface area contributed by atoms with Crippen LogP contribution < -0.4 is 5.32 Å². The van der Waals surface area contributed by atoms with Crippen molar-refractivity contribution in [2.24, 2.45) is 0 Å². The number of nitrogens with one attached hydrogen (secondary N) is 1. The Morgan fingerprint density at radius 3 is 2.62 bits per heavy atom. The number of nitrogens with zero attached hydrogens (tertiary/aromatic N) is 2. The van der Waals surface area contributed by atoms with E-state index in [9.17, 15) is 23.2 Å². The van der Waals surface area contributed by atoms with Gasteiger partial charge in [-0.2, -0.15) is 18.4 Å². The van der Waals surface area contributed by atoms with E-state index in [1.807, 2.05) is 6.07 Å². The maximum Gasteiger partial charge on any atom is 0.416 e. The van der Waals surface area contributed by atoms with Crippen molar-refractivity contribution in [3.8, 4) is 11.8 Å². The zero-order valence-corrected chi connectivity index (χ0v) is 16.8. The molecule has 1 amide bonds. The summed E-state index contributed by atoms with van der Waals surface area (Å²) >= 11 is 6.16. The summed E-state index contributed by atoms with van der Waals surface area (Å²) in [5.41, 5.74) is 0.884. The van der Waals surface area contributed by atoms with Crippen LogP contribution in [0.25, 0.3) is 11.8 Å². The lowest BCUT2D eigenvalue weighted by molar-refractivity contribution is -0.137. The smallest absolute Gasteiger partial charge is 0.383 e. The lowest BCUT2D eigenvalue weighted by atomic mass is 10.1. The fraction of sp³-hybridized carbons (Fsp3) is 0.300. The minimum absolute atomic E-state index is 0.128. The minimum atomic E-state index is -4.51. The molecule has 1 heterocycles. The molecule has 0 aliphatic carbocycles. The van der Waals surface area contributed by atoms with Crippen LogP contribution in [0.1, 0.15) is 22.5 Å². The lowest BCUT2D eigenvalue weighted by Gasteiger charge is -2.15. The first-order chi connectivity index (χ1) is 13.6. The molecule has 0 unspecified atom stereocenters. The van der Waals surface area contributed by atoms with Crippen LogP contribution in [0.2, 0.25) is 5.02 Å². The fourth-order valence-electron chi connectivity index (χ4n) is 2.83. The van der Waals surface area contributed by atoms with Gasteiger partial charge < -0.3 is 14.6 Å². The number of carbonyl (C=O) groups is 1. The van der Waals surface area contributed by atoms with E-state index in [2.05, 4.69) is 5.32 Å². The summed E-state index contributed by atoms with van der Waals surface area (Å²) in [4.78, 5) is 12.1. The number of aromatic nitrogens is 1. The highest BCUT2D eigenvalue weighted by molar-refractivity contribution is 6.32.